The Kier molecular flexibility index (Phi) is 3.78. The average Bonchev–Trinajstić information content (AvgIpc) is 2.38. The van der Waals surface area contributed by atoms with Crippen LogP contribution in [-0.2, 0) is 9.84 Å². The second kappa shape index (κ2) is 5.22. The fourth-order valence-corrected chi connectivity index (χ4v) is 3.22. The number of aromatic carboxylic acids is 1. The summed E-state index contributed by atoms with van der Waals surface area (Å²) < 4.78 is 37.4. The smallest absolute Gasteiger partial charge is 0.335 e. The van der Waals surface area contributed by atoms with Gasteiger partial charge in [0.1, 0.15) is 5.82 Å². The number of benzene rings is 2. The van der Waals surface area contributed by atoms with Crippen LogP contribution in [0, 0.1) is 5.82 Å². The molecule has 0 radical (unpaired) electrons. The number of carboxylic acid groups (broad SMARTS) is 1. The molecule has 0 spiro atoms. The molecule has 7 heteroatoms. The van der Waals surface area contributed by atoms with Gasteiger partial charge in [-0.05, 0) is 42.5 Å². The van der Waals surface area contributed by atoms with Gasteiger partial charge < -0.3 is 5.11 Å². The minimum atomic E-state index is -3.95. The second-order valence-corrected chi connectivity index (χ2v) is 6.32. The van der Waals surface area contributed by atoms with Crippen LogP contribution in [0.5, 0.6) is 0 Å². The van der Waals surface area contributed by atoms with Gasteiger partial charge in [-0.15, -0.1) is 0 Å². The molecule has 0 aromatic heterocycles. The number of hydrogen-bond donors (Lipinski definition) is 1. The Morgan fingerprint density at radius 2 is 1.65 bits per heavy atom. The van der Waals surface area contributed by atoms with E-state index in [4.69, 9.17) is 16.7 Å². The van der Waals surface area contributed by atoms with Crippen LogP contribution in [0.4, 0.5) is 4.39 Å². The van der Waals surface area contributed by atoms with E-state index in [0.717, 1.165) is 42.5 Å². The first-order valence-corrected chi connectivity index (χ1v) is 7.21. The molecule has 2 aromatic rings. The van der Waals surface area contributed by atoms with Gasteiger partial charge in [0.2, 0.25) is 9.84 Å². The van der Waals surface area contributed by atoms with E-state index in [1.54, 1.807) is 0 Å². The monoisotopic (exact) mass is 314 g/mol. The van der Waals surface area contributed by atoms with Crippen LogP contribution >= 0.6 is 11.6 Å². The van der Waals surface area contributed by atoms with Crippen molar-refractivity contribution in [2.45, 2.75) is 9.79 Å². The Morgan fingerprint density at radius 3 is 2.20 bits per heavy atom. The summed E-state index contributed by atoms with van der Waals surface area (Å²) in [6, 6.07) is 7.52. The van der Waals surface area contributed by atoms with Crippen molar-refractivity contribution in [1.82, 2.24) is 0 Å². The lowest BCUT2D eigenvalue weighted by Gasteiger charge is -2.06. The van der Waals surface area contributed by atoms with E-state index in [-0.39, 0.29) is 20.4 Å². The van der Waals surface area contributed by atoms with Gasteiger partial charge in [-0.3, -0.25) is 0 Å². The van der Waals surface area contributed by atoms with E-state index < -0.39 is 21.6 Å². The molecule has 0 aliphatic heterocycles. The molecule has 0 amide bonds. The number of rotatable bonds is 3. The SMILES string of the molecule is O=C(O)c1cc(Cl)cc(S(=O)(=O)c2ccc(F)cc2)c1. The van der Waals surface area contributed by atoms with E-state index in [9.17, 15) is 17.6 Å². The highest BCUT2D eigenvalue weighted by atomic mass is 35.5. The highest BCUT2D eigenvalue weighted by Gasteiger charge is 2.20. The van der Waals surface area contributed by atoms with Gasteiger partial charge in [0.25, 0.3) is 0 Å². The third-order valence-corrected chi connectivity index (χ3v) is 4.52. The summed E-state index contributed by atoms with van der Waals surface area (Å²) in [6.07, 6.45) is 0. The summed E-state index contributed by atoms with van der Waals surface area (Å²) in [5, 5.41) is 8.89. The molecule has 0 saturated carbocycles. The lowest BCUT2D eigenvalue weighted by atomic mass is 10.2. The summed E-state index contributed by atoms with van der Waals surface area (Å²) in [5.74, 6) is -1.86. The van der Waals surface area contributed by atoms with Crippen molar-refractivity contribution in [1.29, 1.82) is 0 Å². The number of hydrogen-bond acceptors (Lipinski definition) is 3. The molecule has 0 saturated heterocycles. The fourth-order valence-electron chi connectivity index (χ4n) is 1.59. The third kappa shape index (κ3) is 2.81. The minimum absolute atomic E-state index is 0.00872. The maximum atomic E-state index is 12.8. The highest BCUT2D eigenvalue weighted by molar-refractivity contribution is 7.91. The first-order chi connectivity index (χ1) is 9.30. The molecule has 0 bridgehead atoms. The summed E-state index contributed by atoms with van der Waals surface area (Å²) in [4.78, 5) is 10.5. The number of halogens is 2. The molecule has 1 N–H and O–H groups in total. The van der Waals surface area contributed by atoms with E-state index in [1.165, 1.54) is 0 Å². The van der Waals surface area contributed by atoms with Crippen LogP contribution < -0.4 is 0 Å². The van der Waals surface area contributed by atoms with Gasteiger partial charge in [-0.25, -0.2) is 17.6 Å². The Morgan fingerprint density at radius 1 is 1.05 bits per heavy atom. The van der Waals surface area contributed by atoms with Crippen molar-refractivity contribution in [3.05, 3.63) is 58.9 Å². The largest absolute Gasteiger partial charge is 0.478 e. The lowest BCUT2D eigenvalue weighted by molar-refractivity contribution is 0.0696. The van der Waals surface area contributed by atoms with Crippen molar-refractivity contribution in [2.75, 3.05) is 0 Å². The Hall–Kier alpha value is -1.92. The lowest BCUT2D eigenvalue weighted by Crippen LogP contribution is -2.05. The maximum absolute atomic E-state index is 12.8. The quantitative estimate of drug-likeness (QED) is 0.884. The molecule has 0 atom stereocenters. The van der Waals surface area contributed by atoms with Crippen molar-refractivity contribution in [3.8, 4) is 0 Å². The molecule has 2 aromatic carbocycles. The van der Waals surface area contributed by atoms with Crippen LogP contribution in [0.25, 0.3) is 0 Å². The first-order valence-electron chi connectivity index (χ1n) is 5.35. The number of sulfone groups is 1. The molecular formula is C13H8ClFO4S. The van der Waals surface area contributed by atoms with Crippen LogP contribution in [0.3, 0.4) is 0 Å². The fraction of sp³-hybridized carbons (Fsp3) is 0. The van der Waals surface area contributed by atoms with Crippen molar-refractivity contribution < 1.29 is 22.7 Å². The summed E-state index contributed by atoms with van der Waals surface area (Å²) in [6.45, 7) is 0. The zero-order valence-electron chi connectivity index (χ0n) is 9.88. The van der Waals surface area contributed by atoms with Crippen molar-refractivity contribution >= 4 is 27.4 Å². The predicted molar refractivity (Wildman–Crippen MR) is 70.3 cm³/mol. The Labute approximate surface area is 119 Å². The van der Waals surface area contributed by atoms with Crippen LogP contribution in [0.1, 0.15) is 10.4 Å². The molecule has 0 unspecified atom stereocenters. The van der Waals surface area contributed by atoms with Crippen LogP contribution in [-0.4, -0.2) is 19.5 Å². The van der Waals surface area contributed by atoms with E-state index >= 15 is 0 Å². The van der Waals surface area contributed by atoms with Crippen molar-refractivity contribution in [2.24, 2.45) is 0 Å². The van der Waals surface area contributed by atoms with Crippen LogP contribution in [0.15, 0.2) is 52.3 Å². The Bertz CT molecular complexity index is 769. The van der Waals surface area contributed by atoms with Crippen molar-refractivity contribution in [3.63, 3.8) is 0 Å². The summed E-state index contributed by atoms with van der Waals surface area (Å²) in [5.41, 5.74) is -0.238. The minimum Gasteiger partial charge on any atom is -0.478 e. The molecule has 0 fully saturated rings. The average molecular weight is 315 g/mol. The zero-order chi connectivity index (χ0) is 14.9. The molecule has 20 heavy (non-hydrogen) atoms. The van der Waals surface area contributed by atoms with Gasteiger partial charge in [-0.2, -0.15) is 0 Å². The van der Waals surface area contributed by atoms with Gasteiger partial charge >= 0.3 is 5.97 Å². The first kappa shape index (κ1) is 14.5. The van der Waals surface area contributed by atoms with E-state index in [0.29, 0.717) is 0 Å². The topological polar surface area (TPSA) is 71.4 Å². The summed E-state index contributed by atoms with van der Waals surface area (Å²) in [7, 11) is -3.95. The molecule has 0 heterocycles. The van der Waals surface area contributed by atoms with Gasteiger partial charge in [0, 0.05) is 5.02 Å². The highest BCUT2D eigenvalue weighted by Crippen LogP contribution is 2.25. The predicted octanol–water partition coefficient (Wildman–Crippen LogP) is 3.01. The molecule has 0 aliphatic rings. The molecule has 0 aliphatic carbocycles. The van der Waals surface area contributed by atoms with Gasteiger partial charge in [0.15, 0.2) is 0 Å². The molecule has 104 valence electrons. The molecule has 2 rings (SSSR count). The maximum Gasteiger partial charge on any atom is 0.335 e. The Balaban J connectivity index is 2.60. The zero-order valence-corrected chi connectivity index (χ0v) is 11.5. The normalized spacial score (nSPS) is 11.3. The van der Waals surface area contributed by atoms with Crippen LogP contribution in [0.2, 0.25) is 5.02 Å². The summed E-state index contributed by atoms with van der Waals surface area (Å²) >= 11 is 5.73. The second-order valence-electron chi connectivity index (χ2n) is 3.94. The number of carbonyl (C=O) groups is 1. The molecular weight excluding hydrogens is 307 g/mol. The van der Waals surface area contributed by atoms with Gasteiger partial charge in [-0.1, -0.05) is 11.6 Å². The van der Waals surface area contributed by atoms with E-state index in [1.807, 2.05) is 0 Å². The molecule has 4 nitrogen and oxygen atoms in total. The van der Waals surface area contributed by atoms with Gasteiger partial charge in [0.05, 0.1) is 15.4 Å². The third-order valence-electron chi connectivity index (χ3n) is 2.55. The van der Waals surface area contributed by atoms with E-state index in [2.05, 4.69) is 0 Å². The standard InChI is InChI=1S/C13H8ClFO4S/c14-9-5-8(13(16)17)6-12(7-9)20(18,19)11-3-1-10(15)2-4-11/h1-7H,(H,16,17). The number of carboxylic acids is 1.